The molecule has 2 atom stereocenters. The maximum atomic E-state index is 14.9. The number of benzene rings is 1. The number of thiol groups is 1. The number of nitrogens with one attached hydrogen (secondary N) is 1. The summed E-state index contributed by atoms with van der Waals surface area (Å²) in [6.07, 6.45) is 2.91. The number of halogens is 2. The molecule has 4 nitrogen and oxygen atoms in total. The highest BCUT2D eigenvalue weighted by Gasteiger charge is 2.44. The van der Waals surface area contributed by atoms with Crippen molar-refractivity contribution in [2.75, 3.05) is 6.54 Å². The molecule has 1 fully saturated rings. The largest absolute Gasteiger partial charge is 0.340 e. The highest BCUT2D eigenvalue weighted by Crippen LogP contribution is 2.35. The number of allylic oxidation sites excluding steroid dienone is 1. The lowest BCUT2D eigenvalue weighted by molar-refractivity contribution is -0.140. The first kappa shape index (κ1) is 30.7. The molecule has 1 aliphatic heterocycles. The van der Waals surface area contributed by atoms with E-state index < -0.39 is 22.4 Å². The number of carbonyl (C=O) groups is 2. The molecule has 1 heterocycles. The molecule has 0 spiro atoms. The number of nitrogens with zero attached hydrogens (tertiary/aromatic N) is 1. The Balaban J connectivity index is 2.30. The van der Waals surface area contributed by atoms with Crippen LogP contribution >= 0.6 is 24.4 Å². The van der Waals surface area contributed by atoms with Gasteiger partial charge in [0.15, 0.2) is 5.67 Å². The lowest BCUT2D eigenvalue weighted by atomic mass is 9.97. The molecule has 1 N–H and O–H groups in total. The van der Waals surface area contributed by atoms with Crippen molar-refractivity contribution in [1.82, 2.24) is 10.2 Å². The van der Waals surface area contributed by atoms with Gasteiger partial charge in [0.25, 0.3) is 5.91 Å². The molecule has 1 saturated heterocycles. The minimum Gasteiger partial charge on any atom is -0.340 e. The predicted octanol–water partition coefficient (Wildman–Crippen LogP) is 6.58. The van der Waals surface area contributed by atoms with E-state index in [1.54, 1.807) is 22.7 Å². The quantitative estimate of drug-likeness (QED) is 0.330. The number of carbonyl (C=O) groups excluding carboxylic acids is 2. The third kappa shape index (κ3) is 7.73. The second-order valence-corrected chi connectivity index (χ2v) is 13.7. The van der Waals surface area contributed by atoms with Crippen molar-refractivity contribution in [1.29, 1.82) is 0 Å². The Labute approximate surface area is 225 Å². The molecular formula is C28H42F2N2O2S2. The van der Waals surface area contributed by atoms with Gasteiger partial charge in [-0.3, -0.25) is 9.59 Å². The van der Waals surface area contributed by atoms with Gasteiger partial charge in [0, 0.05) is 27.8 Å². The molecule has 36 heavy (non-hydrogen) atoms. The molecule has 202 valence electrons. The number of rotatable bonds is 10. The Hall–Kier alpha value is -1.54. The van der Waals surface area contributed by atoms with Crippen LogP contribution in [0.2, 0.25) is 0 Å². The van der Waals surface area contributed by atoms with Crippen LogP contribution in [0.3, 0.4) is 0 Å². The second-order valence-electron chi connectivity index (χ2n) is 11.0. The summed E-state index contributed by atoms with van der Waals surface area (Å²) in [5, 5.41) is 2.92. The average molecular weight is 541 g/mol. The van der Waals surface area contributed by atoms with Crippen LogP contribution in [-0.2, 0) is 16.0 Å². The molecule has 2 unspecified atom stereocenters. The fourth-order valence-corrected chi connectivity index (χ4v) is 6.41. The van der Waals surface area contributed by atoms with E-state index in [1.165, 1.54) is 19.9 Å². The van der Waals surface area contributed by atoms with Gasteiger partial charge < -0.3 is 10.2 Å². The van der Waals surface area contributed by atoms with Crippen molar-refractivity contribution >= 4 is 41.1 Å². The standard InChI is InChI=1S/C28H42F2N2O2S2/c1-9-18(4)23(35)21-13-12-19(16-22(21)29)15-20-11-10-14-32(20)25(33)24(28(7,8)36-17(2)3)31-26(34)27(5,6)30/h12-13,16-17,20,24,35H,9-11,14-15H2,1-8H3,(H,31,34)/b23-18-. The molecule has 2 rings (SSSR count). The van der Waals surface area contributed by atoms with Gasteiger partial charge in [-0.05, 0) is 77.2 Å². The van der Waals surface area contributed by atoms with Gasteiger partial charge in [0.1, 0.15) is 11.9 Å². The van der Waals surface area contributed by atoms with Gasteiger partial charge >= 0.3 is 0 Å². The zero-order chi connectivity index (χ0) is 27.4. The summed E-state index contributed by atoms with van der Waals surface area (Å²) in [5.41, 5.74) is 0.198. The fraction of sp³-hybridized carbons (Fsp3) is 0.643. The lowest BCUT2D eigenvalue weighted by Gasteiger charge is -2.39. The molecule has 0 bridgehead atoms. The van der Waals surface area contributed by atoms with Crippen molar-refractivity contribution in [2.24, 2.45) is 0 Å². The summed E-state index contributed by atoms with van der Waals surface area (Å²) in [4.78, 5) is 28.9. The van der Waals surface area contributed by atoms with Crippen LogP contribution in [-0.4, -0.2) is 51.0 Å². The van der Waals surface area contributed by atoms with Crippen LogP contribution < -0.4 is 5.32 Å². The minimum atomic E-state index is -2.10. The van der Waals surface area contributed by atoms with Crippen LogP contribution in [0.15, 0.2) is 23.8 Å². The normalized spacial score (nSPS) is 18.3. The van der Waals surface area contributed by atoms with Crippen molar-refractivity contribution in [3.05, 3.63) is 40.7 Å². The molecule has 1 aromatic rings. The maximum absolute atomic E-state index is 14.9. The van der Waals surface area contributed by atoms with E-state index in [0.29, 0.717) is 23.4 Å². The Kier molecular flexibility index (Phi) is 10.5. The van der Waals surface area contributed by atoms with E-state index in [4.69, 9.17) is 0 Å². The van der Waals surface area contributed by atoms with Gasteiger partial charge in [-0.25, -0.2) is 8.78 Å². The first-order chi connectivity index (χ1) is 16.6. The van der Waals surface area contributed by atoms with Crippen LogP contribution in [0.5, 0.6) is 0 Å². The molecule has 0 aliphatic carbocycles. The number of likely N-dealkylation sites (tertiary alicyclic amines) is 1. The highest BCUT2D eigenvalue weighted by molar-refractivity contribution is 8.01. The summed E-state index contributed by atoms with van der Waals surface area (Å²) in [6.45, 7) is 14.8. The molecule has 2 amide bonds. The van der Waals surface area contributed by atoms with Gasteiger partial charge in [-0.2, -0.15) is 11.8 Å². The van der Waals surface area contributed by atoms with E-state index in [-0.39, 0.29) is 23.0 Å². The van der Waals surface area contributed by atoms with Gasteiger partial charge in [-0.1, -0.05) is 38.5 Å². The number of alkyl halides is 1. The van der Waals surface area contributed by atoms with Crippen molar-refractivity contribution in [3.8, 4) is 0 Å². The number of thioether (sulfide) groups is 1. The van der Waals surface area contributed by atoms with Crippen LogP contribution in [0.4, 0.5) is 8.78 Å². The van der Waals surface area contributed by atoms with Crippen molar-refractivity contribution < 1.29 is 18.4 Å². The number of amides is 2. The van der Waals surface area contributed by atoms with Crippen molar-refractivity contribution in [2.45, 2.75) is 109 Å². The maximum Gasteiger partial charge on any atom is 0.257 e. The molecule has 1 aromatic carbocycles. The highest BCUT2D eigenvalue weighted by atomic mass is 32.2. The smallest absolute Gasteiger partial charge is 0.257 e. The average Bonchev–Trinajstić information content (AvgIpc) is 3.22. The van der Waals surface area contributed by atoms with E-state index >= 15 is 0 Å². The molecule has 0 saturated carbocycles. The van der Waals surface area contributed by atoms with E-state index in [1.807, 2.05) is 47.6 Å². The predicted molar refractivity (Wildman–Crippen MR) is 151 cm³/mol. The van der Waals surface area contributed by atoms with E-state index in [9.17, 15) is 18.4 Å². The summed E-state index contributed by atoms with van der Waals surface area (Å²) in [6, 6.07) is 4.16. The van der Waals surface area contributed by atoms with E-state index in [2.05, 4.69) is 17.9 Å². The topological polar surface area (TPSA) is 49.4 Å². The molecule has 1 aliphatic rings. The monoisotopic (exact) mass is 540 g/mol. The SMILES string of the molecule is CC/C(C)=C(\S)c1ccc(CC2CCCN2C(=O)C(NC(=O)C(C)(C)F)C(C)(C)SC(C)C)cc1F. The minimum absolute atomic E-state index is 0.121. The zero-order valence-corrected chi connectivity index (χ0v) is 24.6. The summed E-state index contributed by atoms with van der Waals surface area (Å²) >= 11 is 6.07. The lowest BCUT2D eigenvalue weighted by Crippen LogP contribution is -2.60. The van der Waals surface area contributed by atoms with Gasteiger partial charge in [0.05, 0.1) is 0 Å². The van der Waals surface area contributed by atoms with Crippen LogP contribution in [0.1, 0.15) is 85.8 Å². The molecule has 0 aromatic heterocycles. The van der Waals surface area contributed by atoms with Crippen LogP contribution in [0, 0.1) is 5.82 Å². The first-order valence-electron chi connectivity index (χ1n) is 12.7. The Bertz CT molecular complexity index is 986. The van der Waals surface area contributed by atoms with Crippen LogP contribution in [0.25, 0.3) is 4.91 Å². The van der Waals surface area contributed by atoms with Gasteiger partial charge in [-0.15, -0.1) is 12.6 Å². The Morgan fingerprint density at radius 2 is 1.89 bits per heavy atom. The first-order valence-corrected chi connectivity index (χ1v) is 14.1. The summed E-state index contributed by atoms with van der Waals surface area (Å²) in [5.74, 6) is -1.35. The summed E-state index contributed by atoms with van der Waals surface area (Å²) in [7, 11) is 0. The third-order valence-electron chi connectivity index (χ3n) is 6.65. The van der Waals surface area contributed by atoms with E-state index in [0.717, 1.165) is 30.4 Å². The molecular weight excluding hydrogens is 498 g/mol. The number of hydrogen-bond donors (Lipinski definition) is 2. The number of hydrogen-bond acceptors (Lipinski definition) is 4. The molecule has 0 radical (unpaired) electrons. The summed E-state index contributed by atoms with van der Waals surface area (Å²) < 4.78 is 28.7. The third-order valence-corrected chi connectivity index (χ3v) is 8.59. The fourth-order valence-electron chi connectivity index (χ4n) is 4.56. The Morgan fingerprint density at radius 1 is 1.25 bits per heavy atom. The van der Waals surface area contributed by atoms with Crippen molar-refractivity contribution in [3.63, 3.8) is 0 Å². The zero-order valence-electron chi connectivity index (χ0n) is 22.9. The second kappa shape index (κ2) is 12.3. The molecule has 8 heteroatoms. The Morgan fingerprint density at radius 3 is 2.42 bits per heavy atom. The van der Waals surface area contributed by atoms with Gasteiger partial charge in [0.2, 0.25) is 5.91 Å².